The van der Waals surface area contributed by atoms with E-state index in [-0.39, 0.29) is 17.9 Å². The first kappa shape index (κ1) is 23.8. The van der Waals surface area contributed by atoms with E-state index in [9.17, 15) is 9.59 Å². The van der Waals surface area contributed by atoms with Crippen molar-refractivity contribution in [1.82, 2.24) is 29.5 Å². The van der Waals surface area contributed by atoms with Crippen molar-refractivity contribution in [2.75, 3.05) is 36.4 Å². The Morgan fingerprint density at radius 2 is 1.81 bits per heavy atom. The van der Waals surface area contributed by atoms with E-state index >= 15 is 0 Å². The number of piperazine rings is 1. The van der Waals surface area contributed by atoms with Crippen LogP contribution in [0.15, 0.2) is 36.4 Å². The number of amides is 2. The molecule has 3 aromatic rings. The molecule has 2 amide bonds. The number of aromatic nitrogens is 4. The number of rotatable bonds is 6. The van der Waals surface area contributed by atoms with Gasteiger partial charge in [-0.3, -0.25) is 14.3 Å². The van der Waals surface area contributed by atoms with Gasteiger partial charge in [-0.25, -0.2) is 4.98 Å². The zero-order chi connectivity index (χ0) is 25.4. The second-order valence-corrected chi connectivity index (χ2v) is 9.58. The Morgan fingerprint density at radius 1 is 1.08 bits per heavy atom. The van der Waals surface area contributed by atoms with Gasteiger partial charge in [0, 0.05) is 51.8 Å². The first-order valence-corrected chi connectivity index (χ1v) is 12.4. The lowest BCUT2D eigenvalue weighted by Crippen LogP contribution is -2.48. The van der Waals surface area contributed by atoms with Gasteiger partial charge in [0.05, 0.1) is 24.5 Å². The molecule has 4 heterocycles. The maximum atomic E-state index is 13.2. The fourth-order valence-corrected chi connectivity index (χ4v) is 4.77. The van der Waals surface area contributed by atoms with Crippen LogP contribution in [0.4, 0.5) is 11.8 Å². The van der Waals surface area contributed by atoms with Crippen molar-refractivity contribution in [2.45, 2.75) is 39.9 Å². The first-order chi connectivity index (χ1) is 17.3. The Kier molecular flexibility index (Phi) is 6.34. The average Bonchev–Trinajstić information content (AvgIpc) is 3.42. The maximum absolute atomic E-state index is 13.2. The number of anilines is 2. The summed E-state index contributed by atoms with van der Waals surface area (Å²) in [4.78, 5) is 40.1. The first-order valence-electron chi connectivity index (χ1n) is 12.4. The summed E-state index contributed by atoms with van der Waals surface area (Å²) in [5, 5.41) is 8.12. The Balaban J connectivity index is 1.41. The van der Waals surface area contributed by atoms with Crippen LogP contribution in [0.3, 0.4) is 0 Å². The van der Waals surface area contributed by atoms with Crippen LogP contribution in [0.1, 0.15) is 42.5 Å². The van der Waals surface area contributed by atoms with E-state index < -0.39 is 0 Å². The molecule has 0 spiro atoms. The number of hydrogen-bond donors (Lipinski definition) is 1. The normalized spacial score (nSPS) is 15.6. The molecule has 0 atom stereocenters. The van der Waals surface area contributed by atoms with Crippen LogP contribution in [0.2, 0.25) is 0 Å². The van der Waals surface area contributed by atoms with Gasteiger partial charge in [-0.2, -0.15) is 10.1 Å². The van der Waals surface area contributed by atoms with Crippen molar-refractivity contribution in [1.29, 1.82) is 0 Å². The van der Waals surface area contributed by atoms with Gasteiger partial charge >= 0.3 is 0 Å². The third-order valence-corrected chi connectivity index (χ3v) is 6.86. The number of fused-ring (bicyclic) bond motifs is 1. The van der Waals surface area contributed by atoms with Crippen LogP contribution in [0, 0.1) is 0 Å². The van der Waals surface area contributed by atoms with Gasteiger partial charge in [-0.1, -0.05) is 30.3 Å². The number of benzene rings is 1. The lowest BCUT2D eigenvalue weighted by molar-refractivity contribution is -0.129. The van der Waals surface area contributed by atoms with Crippen LogP contribution in [0.5, 0.6) is 0 Å². The molecule has 36 heavy (non-hydrogen) atoms. The molecule has 0 bridgehead atoms. The highest BCUT2D eigenvalue weighted by atomic mass is 16.2. The predicted octanol–water partition coefficient (Wildman–Crippen LogP) is 2.52. The third-order valence-electron chi connectivity index (χ3n) is 6.86. The third kappa shape index (κ3) is 4.50. The second kappa shape index (κ2) is 9.60. The Bertz CT molecular complexity index is 1280. The minimum absolute atomic E-state index is 0.0614. The van der Waals surface area contributed by atoms with Gasteiger partial charge in [-0.05, 0) is 25.5 Å². The van der Waals surface area contributed by atoms with Crippen molar-refractivity contribution in [3.05, 3.63) is 53.3 Å². The minimum atomic E-state index is -0.0710. The highest BCUT2D eigenvalue weighted by molar-refractivity contribution is 5.98. The van der Waals surface area contributed by atoms with Gasteiger partial charge < -0.3 is 20.0 Å². The zero-order valence-corrected chi connectivity index (χ0v) is 21.2. The molecule has 10 nitrogen and oxygen atoms in total. The molecule has 0 aliphatic carbocycles. The van der Waals surface area contributed by atoms with Crippen LogP contribution in [0.25, 0.3) is 11.3 Å². The smallest absolute Gasteiger partial charge is 0.273 e. The van der Waals surface area contributed by atoms with E-state index in [2.05, 4.69) is 28.6 Å². The number of carbonyl (C=O) groups is 2. The summed E-state index contributed by atoms with van der Waals surface area (Å²) in [5.41, 5.74) is 4.29. The molecule has 0 radical (unpaired) electrons. The standard InChI is InChI=1S/C26H32N8O2/c1-17(2)34-16-21-23(25(34)36)28-26(33-12-10-32(11-13-33)18(3)35)29-24(21)27-15-20-14-22(31(4)30-20)19-8-6-5-7-9-19/h5-9,14,17H,10-13,15-16H2,1-4H3,(H,27,28,29). The summed E-state index contributed by atoms with van der Waals surface area (Å²) in [6.07, 6.45) is 0. The number of aryl methyl sites for hydroxylation is 1. The lowest BCUT2D eigenvalue weighted by atomic mass is 10.1. The van der Waals surface area contributed by atoms with Crippen molar-refractivity contribution in [3.63, 3.8) is 0 Å². The summed E-state index contributed by atoms with van der Waals surface area (Å²) >= 11 is 0. The van der Waals surface area contributed by atoms with Crippen molar-refractivity contribution < 1.29 is 9.59 Å². The second-order valence-electron chi connectivity index (χ2n) is 9.58. The van der Waals surface area contributed by atoms with Gasteiger partial charge in [0.15, 0.2) is 0 Å². The molecule has 2 aliphatic heterocycles. The molecule has 10 heteroatoms. The molecule has 0 unspecified atom stereocenters. The molecule has 2 aromatic heterocycles. The molecule has 1 N–H and O–H groups in total. The van der Waals surface area contributed by atoms with Crippen LogP contribution in [-0.2, 0) is 24.9 Å². The molecular weight excluding hydrogens is 456 g/mol. The summed E-state index contributed by atoms with van der Waals surface area (Å²) in [7, 11) is 1.94. The summed E-state index contributed by atoms with van der Waals surface area (Å²) in [6, 6.07) is 12.3. The van der Waals surface area contributed by atoms with Gasteiger partial charge in [-0.15, -0.1) is 0 Å². The van der Waals surface area contributed by atoms with E-state index in [1.165, 1.54) is 0 Å². The molecule has 188 valence electrons. The SMILES string of the molecule is CC(=O)N1CCN(c2nc(NCc3cc(-c4ccccc4)n(C)n3)c3c(n2)C(=O)N(C(C)C)C3)CC1. The lowest BCUT2D eigenvalue weighted by Gasteiger charge is -2.34. The Morgan fingerprint density at radius 3 is 2.47 bits per heavy atom. The van der Waals surface area contributed by atoms with E-state index in [0.29, 0.717) is 56.7 Å². The highest BCUT2D eigenvalue weighted by Gasteiger charge is 2.35. The largest absolute Gasteiger partial charge is 0.364 e. The summed E-state index contributed by atoms with van der Waals surface area (Å²) in [5.74, 6) is 1.18. The average molecular weight is 489 g/mol. The van der Waals surface area contributed by atoms with E-state index in [1.807, 2.05) is 58.5 Å². The molecule has 1 aromatic carbocycles. The molecule has 1 saturated heterocycles. The van der Waals surface area contributed by atoms with E-state index in [1.54, 1.807) is 6.92 Å². The van der Waals surface area contributed by atoms with Crippen molar-refractivity contribution in [3.8, 4) is 11.3 Å². The van der Waals surface area contributed by atoms with Gasteiger partial charge in [0.25, 0.3) is 5.91 Å². The number of nitrogens with one attached hydrogen (secondary N) is 1. The predicted molar refractivity (Wildman–Crippen MR) is 137 cm³/mol. The maximum Gasteiger partial charge on any atom is 0.273 e. The summed E-state index contributed by atoms with van der Waals surface area (Å²) in [6.45, 7) is 9.02. The van der Waals surface area contributed by atoms with E-state index in [4.69, 9.17) is 9.97 Å². The number of carbonyl (C=O) groups excluding carboxylic acids is 2. The Hall–Kier alpha value is -3.95. The quantitative estimate of drug-likeness (QED) is 0.569. The Labute approximate surface area is 210 Å². The molecular formula is C26H32N8O2. The fraction of sp³-hybridized carbons (Fsp3) is 0.423. The number of nitrogens with zero attached hydrogens (tertiary/aromatic N) is 7. The molecule has 2 aliphatic rings. The topological polar surface area (TPSA) is 99.5 Å². The van der Waals surface area contributed by atoms with Crippen LogP contribution < -0.4 is 10.2 Å². The molecule has 0 saturated carbocycles. The fourth-order valence-electron chi connectivity index (χ4n) is 4.77. The molecule has 1 fully saturated rings. The van der Waals surface area contributed by atoms with Crippen LogP contribution >= 0.6 is 0 Å². The summed E-state index contributed by atoms with van der Waals surface area (Å²) < 4.78 is 1.88. The van der Waals surface area contributed by atoms with Crippen LogP contribution in [-0.4, -0.2) is 73.6 Å². The van der Waals surface area contributed by atoms with E-state index in [0.717, 1.165) is 22.5 Å². The van der Waals surface area contributed by atoms with Gasteiger partial charge in [0.2, 0.25) is 11.9 Å². The molecule has 5 rings (SSSR count). The zero-order valence-electron chi connectivity index (χ0n) is 21.2. The van der Waals surface area contributed by atoms with Gasteiger partial charge in [0.1, 0.15) is 11.5 Å². The van der Waals surface area contributed by atoms with Crippen molar-refractivity contribution in [2.24, 2.45) is 7.05 Å². The minimum Gasteiger partial charge on any atom is -0.364 e. The number of hydrogen-bond acceptors (Lipinski definition) is 7. The highest BCUT2D eigenvalue weighted by Crippen LogP contribution is 2.31. The van der Waals surface area contributed by atoms with Crippen molar-refractivity contribution >= 4 is 23.6 Å². The monoisotopic (exact) mass is 488 g/mol.